The van der Waals surface area contributed by atoms with Gasteiger partial charge in [0.25, 0.3) is 0 Å². The van der Waals surface area contributed by atoms with Crippen molar-refractivity contribution in [1.29, 1.82) is 0 Å². The Morgan fingerprint density at radius 3 is 2.60 bits per heavy atom. The van der Waals surface area contributed by atoms with Crippen LogP contribution in [0.2, 0.25) is 0 Å². The van der Waals surface area contributed by atoms with Crippen LogP contribution in [0.3, 0.4) is 0 Å². The first-order valence-electron chi connectivity index (χ1n) is 5.39. The largest absolute Gasteiger partial charge is 0.270 e. The van der Waals surface area contributed by atoms with Gasteiger partial charge in [-0.2, -0.15) is 5.10 Å². The Balaban J connectivity index is 2.90. The standard InChI is InChI=1S/C11H20IN3/c1-5-15-9(6-7-13-12)8-10(14-15)11(2,3)4/h8,13H,5-7H2,1-4H3. The third-order valence-electron chi connectivity index (χ3n) is 2.41. The van der Waals surface area contributed by atoms with Crippen LogP contribution in [0.25, 0.3) is 0 Å². The Morgan fingerprint density at radius 1 is 1.47 bits per heavy atom. The second-order valence-corrected chi connectivity index (χ2v) is 5.48. The van der Waals surface area contributed by atoms with Crippen LogP contribution >= 0.6 is 22.9 Å². The lowest BCUT2D eigenvalue weighted by atomic mass is 9.92. The average molecular weight is 321 g/mol. The minimum Gasteiger partial charge on any atom is -0.270 e. The van der Waals surface area contributed by atoms with E-state index < -0.39 is 0 Å². The molecule has 0 bridgehead atoms. The smallest absolute Gasteiger partial charge is 0.0680 e. The lowest BCUT2D eigenvalue weighted by Gasteiger charge is -2.14. The summed E-state index contributed by atoms with van der Waals surface area (Å²) in [7, 11) is 0. The predicted molar refractivity (Wildman–Crippen MR) is 72.3 cm³/mol. The molecule has 0 saturated carbocycles. The van der Waals surface area contributed by atoms with E-state index in [9.17, 15) is 0 Å². The maximum atomic E-state index is 4.64. The molecule has 3 nitrogen and oxygen atoms in total. The molecule has 1 N–H and O–H groups in total. The summed E-state index contributed by atoms with van der Waals surface area (Å²) in [4.78, 5) is 0. The van der Waals surface area contributed by atoms with Crippen molar-refractivity contribution in [3.05, 3.63) is 17.5 Å². The molecule has 1 aromatic heterocycles. The lowest BCUT2D eigenvalue weighted by molar-refractivity contribution is 0.535. The van der Waals surface area contributed by atoms with Gasteiger partial charge in [-0.15, -0.1) is 0 Å². The quantitative estimate of drug-likeness (QED) is 0.683. The minimum atomic E-state index is 0.146. The highest BCUT2D eigenvalue weighted by atomic mass is 127. The SMILES string of the molecule is CCn1nc(C(C)(C)C)cc1CCNI. The average Bonchev–Trinajstić information content (AvgIpc) is 2.57. The number of nitrogens with zero attached hydrogens (tertiary/aromatic N) is 2. The van der Waals surface area contributed by atoms with Gasteiger partial charge in [0.1, 0.15) is 0 Å². The first-order chi connectivity index (χ1) is 6.99. The summed E-state index contributed by atoms with van der Waals surface area (Å²) >= 11 is 2.18. The Bertz CT molecular complexity index is 312. The van der Waals surface area contributed by atoms with E-state index in [1.807, 2.05) is 0 Å². The fraction of sp³-hybridized carbons (Fsp3) is 0.727. The molecule has 0 spiro atoms. The monoisotopic (exact) mass is 321 g/mol. The maximum Gasteiger partial charge on any atom is 0.0680 e. The second kappa shape index (κ2) is 5.30. The van der Waals surface area contributed by atoms with E-state index in [4.69, 9.17) is 0 Å². The van der Waals surface area contributed by atoms with Gasteiger partial charge in [0.15, 0.2) is 0 Å². The summed E-state index contributed by atoms with van der Waals surface area (Å²) in [5.41, 5.74) is 2.66. The van der Waals surface area contributed by atoms with Gasteiger partial charge in [0.2, 0.25) is 0 Å². The molecule has 4 heteroatoms. The van der Waals surface area contributed by atoms with Crippen molar-refractivity contribution in [3.63, 3.8) is 0 Å². The molecule has 0 aliphatic rings. The first-order valence-corrected chi connectivity index (χ1v) is 6.47. The molecule has 0 aromatic carbocycles. The molecular formula is C11H20IN3. The number of hydrogen-bond donors (Lipinski definition) is 1. The van der Waals surface area contributed by atoms with E-state index in [-0.39, 0.29) is 5.41 Å². The van der Waals surface area contributed by atoms with Crippen molar-refractivity contribution in [1.82, 2.24) is 13.3 Å². The summed E-state index contributed by atoms with van der Waals surface area (Å²) < 4.78 is 5.25. The van der Waals surface area contributed by atoms with E-state index >= 15 is 0 Å². The molecule has 0 aliphatic carbocycles. The molecule has 1 aromatic rings. The van der Waals surface area contributed by atoms with Crippen molar-refractivity contribution >= 4 is 22.9 Å². The molecule has 15 heavy (non-hydrogen) atoms. The zero-order chi connectivity index (χ0) is 11.5. The van der Waals surface area contributed by atoms with Gasteiger partial charge >= 0.3 is 0 Å². The van der Waals surface area contributed by atoms with E-state index in [0.29, 0.717) is 0 Å². The zero-order valence-electron chi connectivity index (χ0n) is 9.97. The second-order valence-electron chi connectivity index (χ2n) is 4.72. The third kappa shape index (κ3) is 3.45. The number of hydrogen-bond acceptors (Lipinski definition) is 2. The normalized spacial score (nSPS) is 12.1. The van der Waals surface area contributed by atoms with Crippen LogP contribution in [0.1, 0.15) is 39.1 Å². The summed E-state index contributed by atoms with van der Waals surface area (Å²) in [5, 5.41) is 4.64. The molecule has 0 radical (unpaired) electrons. The topological polar surface area (TPSA) is 29.9 Å². The first kappa shape index (κ1) is 13.0. The molecule has 1 heterocycles. The summed E-state index contributed by atoms with van der Waals surface area (Å²) in [6.45, 7) is 10.7. The Morgan fingerprint density at radius 2 is 2.13 bits per heavy atom. The van der Waals surface area contributed by atoms with Gasteiger partial charge < -0.3 is 0 Å². The van der Waals surface area contributed by atoms with Crippen molar-refractivity contribution in [3.8, 4) is 0 Å². The number of nitrogens with one attached hydrogen (secondary N) is 1. The van der Waals surface area contributed by atoms with Gasteiger partial charge in [0, 0.05) is 53.5 Å². The lowest BCUT2D eigenvalue weighted by Crippen LogP contribution is -2.13. The Labute approximate surface area is 106 Å². The van der Waals surface area contributed by atoms with Crippen LogP contribution in [-0.4, -0.2) is 16.3 Å². The van der Waals surface area contributed by atoms with Crippen molar-refractivity contribution in [2.24, 2.45) is 0 Å². The third-order valence-corrected chi connectivity index (χ3v) is 2.95. The van der Waals surface area contributed by atoms with E-state index in [0.717, 1.165) is 19.5 Å². The minimum absolute atomic E-state index is 0.146. The number of halogens is 1. The van der Waals surface area contributed by atoms with Gasteiger partial charge in [0.05, 0.1) is 5.69 Å². The number of rotatable bonds is 4. The molecule has 0 atom stereocenters. The number of aromatic nitrogens is 2. The highest BCUT2D eigenvalue weighted by Gasteiger charge is 2.18. The molecule has 0 unspecified atom stereocenters. The highest BCUT2D eigenvalue weighted by Crippen LogP contribution is 2.21. The molecule has 0 aliphatic heterocycles. The maximum absolute atomic E-state index is 4.64. The van der Waals surface area contributed by atoms with Gasteiger partial charge in [-0.3, -0.25) is 8.21 Å². The fourth-order valence-corrected chi connectivity index (χ4v) is 1.74. The summed E-state index contributed by atoms with van der Waals surface area (Å²) in [6, 6.07) is 2.23. The molecular weight excluding hydrogens is 301 g/mol. The van der Waals surface area contributed by atoms with E-state index in [1.54, 1.807) is 0 Å². The van der Waals surface area contributed by atoms with Crippen molar-refractivity contribution in [2.75, 3.05) is 6.54 Å². The van der Waals surface area contributed by atoms with Crippen LogP contribution in [-0.2, 0) is 18.4 Å². The molecule has 0 fully saturated rings. The summed E-state index contributed by atoms with van der Waals surface area (Å²) in [5.74, 6) is 0. The van der Waals surface area contributed by atoms with Gasteiger partial charge in [-0.25, -0.2) is 0 Å². The Hall–Kier alpha value is -0.100. The molecule has 0 saturated heterocycles. The van der Waals surface area contributed by atoms with E-state index in [1.165, 1.54) is 11.4 Å². The van der Waals surface area contributed by atoms with Crippen LogP contribution in [0, 0.1) is 0 Å². The van der Waals surface area contributed by atoms with Crippen LogP contribution in [0.15, 0.2) is 6.07 Å². The number of aryl methyl sites for hydroxylation is 1. The molecule has 0 amide bonds. The van der Waals surface area contributed by atoms with Crippen LogP contribution in [0.4, 0.5) is 0 Å². The van der Waals surface area contributed by atoms with Crippen LogP contribution < -0.4 is 3.53 Å². The molecule has 86 valence electrons. The zero-order valence-corrected chi connectivity index (χ0v) is 12.1. The highest BCUT2D eigenvalue weighted by molar-refractivity contribution is 14.1. The van der Waals surface area contributed by atoms with Gasteiger partial charge in [-0.1, -0.05) is 20.8 Å². The predicted octanol–water partition coefficient (Wildman–Crippen LogP) is 2.68. The van der Waals surface area contributed by atoms with Gasteiger partial charge in [-0.05, 0) is 13.0 Å². The summed E-state index contributed by atoms with van der Waals surface area (Å²) in [6.07, 6.45) is 1.04. The Kier molecular flexibility index (Phi) is 4.58. The van der Waals surface area contributed by atoms with Crippen molar-refractivity contribution in [2.45, 2.75) is 46.1 Å². The van der Waals surface area contributed by atoms with E-state index in [2.05, 4.69) is 69.9 Å². The molecule has 1 rings (SSSR count). The van der Waals surface area contributed by atoms with Crippen molar-refractivity contribution < 1.29 is 0 Å². The van der Waals surface area contributed by atoms with Crippen LogP contribution in [0.5, 0.6) is 0 Å². The fourth-order valence-electron chi connectivity index (χ4n) is 1.47.